The second-order valence-corrected chi connectivity index (χ2v) is 8.96. The van der Waals surface area contributed by atoms with Gasteiger partial charge in [0.05, 0.1) is 16.5 Å². The van der Waals surface area contributed by atoms with Crippen LogP contribution in [0.1, 0.15) is 29.6 Å². The number of aliphatic hydroxyl groups is 1. The maximum Gasteiger partial charge on any atom is 0.267 e. The highest BCUT2D eigenvalue weighted by Gasteiger charge is 2.20. The summed E-state index contributed by atoms with van der Waals surface area (Å²) in [6.07, 6.45) is 0.797. The van der Waals surface area contributed by atoms with Crippen LogP contribution in [0.3, 0.4) is 0 Å². The fraction of sp³-hybridized carbons (Fsp3) is 0.200. The topological polar surface area (TPSA) is 112 Å². The molecule has 0 amide bonds. The van der Waals surface area contributed by atoms with Crippen molar-refractivity contribution in [1.29, 1.82) is 0 Å². The van der Waals surface area contributed by atoms with Gasteiger partial charge in [0, 0.05) is 11.9 Å². The molecule has 0 saturated carbocycles. The Morgan fingerprint density at radius 2 is 1.97 bits per heavy atom. The van der Waals surface area contributed by atoms with Crippen molar-refractivity contribution in [2.75, 3.05) is 5.73 Å². The first kappa shape index (κ1) is 21.8. The molecule has 0 saturated heterocycles. The standard InChI is InChI=1S/C25H22N6O2S/c1-14-6-4-5-7-19(14)31-20(28-24-21(25(31)33)15(2)13-34-24)12-30-23-22(17(26)10-11-27-23)18(29-30)9-8-16(3)32/h4-7,10-11,13,16,32H,12H2,1-3H3,(H2,26,27)/t16-/m1/s1. The molecule has 5 aromatic rings. The molecule has 0 fully saturated rings. The van der Waals surface area contributed by atoms with Gasteiger partial charge in [0.25, 0.3) is 5.56 Å². The van der Waals surface area contributed by atoms with E-state index in [1.54, 1.807) is 28.4 Å². The molecule has 0 aliphatic rings. The van der Waals surface area contributed by atoms with Crippen molar-refractivity contribution < 1.29 is 5.11 Å². The molecule has 0 aliphatic carbocycles. The van der Waals surface area contributed by atoms with Crippen LogP contribution >= 0.6 is 11.3 Å². The Balaban J connectivity index is 1.77. The number of hydrogen-bond donors (Lipinski definition) is 2. The number of aromatic nitrogens is 5. The van der Waals surface area contributed by atoms with Gasteiger partial charge in [0.2, 0.25) is 0 Å². The van der Waals surface area contributed by atoms with Crippen LogP contribution in [0.2, 0.25) is 0 Å². The molecule has 34 heavy (non-hydrogen) atoms. The monoisotopic (exact) mass is 470 g/mol. The molecular formula is C25H22N6O2S. The maximum atomic E-state index is 13.7. The van der Waals surface area contributed by atoms with E-state index in [2.05, 4.69) is 21.9 Å². The first-order valence-corrected chi connectivity index (χ1v) is 11.6. The van der Waals surface area contributed by atoms with Crippen LogP contribution in [-0.2, 0) is 6.54 Å². The Hall–Kier alpha value is -4.00. The van der Waals surface area contributed by atoms with E-state index < -0.39 is 6.10 Å². The average molecular weight is 471 g/mol. The summed E-state index contributed by atoms with van der Waals surface area (Å²) in [5, 5.41) is 17.4. The first-order valence-electron chi connectivity index (χ1n) is 10.7. The summed E-state index contributed by atoms with van der Waals surface area (Å²) in [5.74, 6) is 6.14. The highest BCUT2D eigenvalue weighted by molar-refractivity contribution is 7.16. The number of nitrogens with zero attached hydrogens (tertiary/aromatic N) is 5. The lowest BCUT2D eigenvalue weighted by molar-refractivity contribution is 0.253. The predicted octanol–water partition coefficient (Wildman–Crippen LogP) is 3.17. The third kappa shape index (κ3) is 3.63. The number of pyridine rings is 1. The quantitative estimate of drug-likeness (QED) is 0.392. The second-order valence-electron chi connectivity index (χ2n) is 8.10. The molecular weight excluding hydrogens is 448 g/mol. The second kappa shape index (κ2) is 8.41. The number of fused-ring (bicyclic) bond motifs is 2. The highest BCUT2D eigenvalue weighted by atomic mass is 32.1. The Kier molecular flexibility index (Phi) is 5.40. The number of anilines is 1. The number of nitrogens with two attached hydrogens (primary N) is 1. The highest BCUT2D eigenvalue weighted by Crippen LogP contribution is 2.26. The Labute approximate surface area is 199 Å². The molecule has 1 atom stereocenters. The van der Waals surface area contributed by atoms with Gasteiger partial charge >= 0.3 is 0 Å². The van der Waals surface area contributed by atoms with Crippen LogP contribution in [0.25, 0.3) is 26.9 Å². The molecule has 0 aliphatic heterocycles. The van der Waals surface area contributed by atoms with Crippen LogP contribution in [0.15, 0.2) is 46.7 Å². The van der Waals surface area contributed by atoms with E-state index in [0.29, 0.717) is 38.5 Å². The van der Waals surface area contributed by atoms with E-state index >= 15 is 0 Å². The van der Waals surface area contributed by atoms with Crippen molar-refractivity contribution in [3.05, 3.63) is 74.9 Å². The third-order valence-corrected chi connectivity index (χ3v) is 6.56. The molecule has 0 unspecified atom stereocenters. The van der Waals surface area contributed by atoms with E-state index in [4.69, 9.17) is 10.7 Å². The van der Waals surface area contributed by atoms with Gasteiger partial charge in [-0.25, -0.2) is 14.6 Å². The van der Waals surface area contributed by atoms with Crippen LogP contribution in [0.5, 0.6) is 0 Å². The number of para-hydroxylation sites is 1. The summed E-state index contributed by atoms with van der Waals surface area (Å²) in [4.78, 5) is 23.7. The fourth-order valence-electron chi connectivity index (χ4n) is 3.96. The van der Waals surface area contributed by atoms with Gasteiger partial charge in [-0.05, 0) is 55.3 Å². The minimum absolute atomic E-state index is 0.119. The summed E-state index contributed by atoms with van der Waals surface area (Å²) < 4.78 is 3.30. The molecule has 5 rings (SSSR count). The number of aliphatic hydroxyl groups excluding tert-OH is 1. The normalized spacial score (nSPS) is 12.1. The number of thiophene rings is 1. The van der Waals surface area contributed by atoms with E-state index in [-0.39, 0.29) is 12.1 Å². The number of benzene rings is 1. The van der Waals surface area contributed by atoms with Crippen LogP contribution < -0.4 is 11.3 Å². The molecule has 9 heteroatoms. The molecule has 4 aromatic heterocycles. The molecule has 3 N–H and O–H groups in total. The molecule has 1 aromatic carbocycles. The summed E-state index contributed by atoms with van der Waals surface area (Å²) >= 11 is 1.44. The van der Waals surface area contributed by atoms with Crippen molar-refractivity contribution in [2.45, 2.75) is 33.4 Å². The van der Waals surface area contributed by atoms with Crippen LogP contribution in [0.4, 0.5) is 5.69 Å². The largest absolute Gasteiger partial charge is 0.398 e. The van der Waals surface area contributed by atoms with Crippen molar-refractivity contribution in [1.82, 2.24) is 24.3 Å². The van der Waals surface area contributed by atoms with E-state index in [1.165, 1.54) is 11.3 Å². The zero-order chi connectivity index (χ0) is 24.0. The smallest absolute Gasteiger partial charge is 0.267 e. The number of hydrogen-bond acceptors (Lipinski definition) is 7. The number of rotatable bonds is 3. The lowest BCUT2D eigenvalue weighted by Crippen LogP contribution is -2.26. The zero-order valence-corrected chi connectivity index (χ0v) is 19.7. The lowest BCUT2D eigenvalue weighted by Gasteiger charge is -2.15. The van der Waals surface area contributed by atoms with Crippen molar-refractivity contribution in [3.63, 3.8) is 0 Å². The average Bonchev–Trinajstić information content (AvgIpc) is 3.35. The van der Waals surface area contributed by atoms with E-state index in [0.717, 1.165) is 16.8 Å². The van der Waals surface area contributed by atoms with Gasteiger partial charge < -0.3 is 10.8 Å². The first-order chi connectivity index (χ1) is 16.3. The Bertz CT molecular complexity index is 1680. The van der Waals surface area contributed by atoms with Gasteiger partial charge in [0.15, 0.2) is 5.65 Å². The molecule has 0 radical (unpaired) electrons. The molecule has 0 bridgehead atoms. The van der Waals surface area contributed by atoms with E-state index in [1.807, 2.05) is 43.5 Å². The minimum Gasteiger partial charge on any atom is -0.398 e. The van der Waals surface area contributed by atoms with Crippen LogP contribution in [0, 0.1) is 25.7 Å². The van der Waals surface area contributed by atoms with Gasteiger partial charge in [0.1, 0.15) is 29.0 Å². The van der Waals surface area contributed by atoms with Gasteiger partial charge in [-0.1, -0.05) is 24.1 Å². The Morgan fingerprint density at radius 1 is 1.18 bits per heavy atom. The van der Waals surface area contributed by atoms with Crippen molar-refractivity contribution in [2.24, 2.45) is 0 Å². The molecule has 0 spiro atoms. The molecule has 8 nitrogen and oxygen atoms in total. The van der Waals surface area contributed by atoms with Gasteiger partial charge in [-0.2, -0.15) is 5.10 Å². The molecule has 4 heterocycles. The minimum atomic E-state index is -0.810. The van der Waals surface area contributed by atoms with Gasteiger partial charge in [-0.15, -0.1) is 11.3 Å². The van der Waals surface area contributed by atoms with Gasteiger partial charge in [-0.3, -0.25) is 9.36 Å². The van der Waals surface area contributed by atoms with Crippen molar-refractivity contribution >= 4 is 38.3 Å². The van der Waals surface area contributed by atoms with E-state index in [9.17, 15) is 9.90 Å². The summed E-state index contributed by atoms with van der Waals surface area (Å²) in [6, 6.07) is 9.40. The maximum absolute atomic E-state index is 13.7. The zero-order valence-electron chi connectivity index (χ0n) is 18.9. The summed E-state index contributed by atoms with van der Waals surface area (Å²) in [7, 11) is 0. The molecule has 170 valence electrons. The summed E-state index contributed by atoms with van der Waals surface area (Å²) in [6.45, 7) is 5.65. The predicted molar refractivity (Wildman–Crippen MR) is 134 cm³/mol. The SMILES string of the molecule is Cc1ccccc1-n1c(Cn2nc(C#C[C@@H](C)O)c3c(N)ccnc32)nc2scc(C)c2c1=O. The Morgan fingerprint density at radius 3 is 2.74 bits per heavy atom. The lowest BCUT2D eigenvalue weighted by atomic mass is 10.2. The summed E-state index contributed by atoms with van der Waals surface area (Å²) in [5.41, 5.74) is 10.2. The fourth-order valence-corrected chi connectivity index (χ4v) is 4.89. The third-order valence-electron chi connectivity index (χ3n) is 5.57. The van der Waals surface area contributed by atoms with Crippen LogP contribution in [-0.4, -0.2) is 35.5 Å². The number of nitrogen functional groups attached to an aromatic ring is 1. The van der Waals surface area contributed by atoms with Crippen molar-refractivity contribution in [3.8, 4) is 17.5 Å². The number of aryl methyl sites for hydroxylation is 2.